The molecule has 0 spiro atoms. The van der Waals surface area contributed by atoms with E-state index in [1.165, 1.54) is 25.7 Å². The normalized spacial score (nSPS) is 11.2. The third kappa shape index (κ3) is 16.1. The topological polar surface area (TPSA) is 127 Å². The highest BCUT2D eigenvalue weighted by Gasteiger charge is 2.34. The fraction of sp³-hybridized carbons (Fsp3) is 0.800. The van der Waals surface area contributed by atoms with Crippen LogP contribution in [0.15, 0.2) is 0 Å². The fourth-order valence-electron chi connectivity index (χ4n) is 2.57. The van der Waals surface area contributed by atoms with Crippen LogP contribution in [-0.2, 0) is 28.7 Å². The number of rotatable bonds is 14. The molecule has 8 nitrogen and oxygen atoms in total. The summed E-state index contributed by atoms with van der Waals surface area (Å²) in [5.41, 5.74) is 0. The van der Waals surface area contributed by atoms with E-state index in [0.29, 0.717) is 13.2 Å². The number of hydrogen-bond donors (Lipinski definition) is 2. The number of aliphatic carboxylic acids is 2. The highest BCUT2D eigenvalue weighted by atomic mass is 16.6. The lowest BCUT2D eigenvalue weighted by molar-refractivity contribution is -0.164. The van der Waals surface area contributed by atoms with Crippen molar-refractivity contribution >= 4 is 23.9 Å². The van der Waals surface area contributed by atoms with E-state index in [1.807, 2.05) is 6.92 Å². The Bertz CT molecular complexity index is 431. The molecule has 0 aliphatic heterocycles. The predicted octanol–water partition coefficient (Wildman–Crippen LogP) is 3.66. The molecule has 1 unspecified atom stereocenters. The summed E-state index contributed by atoms with van der Waals surface area (Å²) in [6.07, 6.45) is 7.26. The zero-order valence-corrected chi connectivity index (χ0v) is 17.6. The number of esters is 2. The van der Waals surface area contributed by atoms with Crippen LogP contribution < -0.4 is 0 Å². The lowest BCUT2D eigenvalue weighted by atomic mass is 9.89. The van der Waals surface area contributed by atoms with Gasteiger partial charge in [-0.1, -0.05) is 52.4 Å². The smallest absolute Gasteiger partial charge is 0.320 e. The van der Waals surface area contributed by atoms with Gasteiger partial charge < -0.3 is 19.7 Å². The average Bonchev–Trinajstić information content (AvgIpc) is 2.58. The van der Waals surface area contributed by atoms with Crippen LogP contribution in [0.3, 0.4) is 0 Å². The molecule has 0 heterocycles. The van der Waals surface area contributed by atoms with Crippen molar-refractivity contribution in [1.29, 1.82) is 0 Å². The molecule has 0 fully saturated rings. The maximum atomic E-state index is 12.0. The minimum absolute atomic E-state index is 0.0331. The maximum absolute atomic E-state index is 12.0. The van der Waals surface area contributed by atoms with Crippen LogP contribution in [0.1, 0.15) is 79.1 Å². The van der Waals surface area contributed by atoms with Gasteiger partial charge in [0.05, 0.1) is 13.2 Å². The summed E-state index contributed by atoms with van der Waals surface area (Å²) in [6, 6.07) is 0. The molecule has 164 valence electrons. The quantitative estimate of drug-likeness (QED) is 0.255. The predicted molar refractivity (Wildman–Crippen MR) is 104 cm³/mol. The highest BCUT2D eigenvalue weighted by molar-refractivity contribution is 5.95. The van der Waals surface area contributed by atoms with Crippen molar-refractivity contribution in [2.24, 2.45) is 11.8 Å². The Morgan fingerprint density at radius 1 is 0.750 bits per heavy atom. The molecule has 28 heavy (non-hydrogen) atoms. The Labute approximate surface area is 167 Å². The van der Waals surface area contributed by atoms with Crippen molar-refractivity contribution in [3.05, 3.63) is 0 Å². The Kier molecular flexibility index (Phi) is 18.3. The van der Waals surface area contributed by atoms with Crippen molar-refractivity contribution in [2.75, 3.05) is 13.2 Å². The van der Waals surface area contributed by atoms with Gasteiger partial charge in [0, 0.05) is 0 Å². The molecule has 0 aliphatic carbocycles. The summed E-state index contributed by atoms with van der Waals surface area (Å²) in [5.74, 6) is -4.33. The molecule has 1 atom stereocenters. The second-order valence-corrected chi connectivity index (χ2v) is 6.48. The molecule has 0 radical (unpaired) electrons. The Morgan fingerprint density at radius 2 is 1.18 bits per heavy atom. The van der Waals surface area contributed by atoms with Gasteiger partial charge in [-0.3, -0.25) is 19.2 Å². The molecule has 0 amide bonds. The number of carbonyl (C=O) groups is 4. The van der Waals surface area contributed by atoms with E-state index in [2.05, 4.69) is 6.92 Å². The van der Waals surface area contributed by atoms with E-state index in [0.717, 1.165) is 19.3 Å². The van der Waals surface area contributed by atoms with Gasteiger partial charge in [-0.05, 0) is 26.2 Å². The van der Waals surface area contributed by atoms with Gasteiger partial charge in [0.1, 0.15) is 6.42 Å². The number of ether oxygens (including phenoxy) is 2. The largest absolute Gasteiger partial charge is 0.481 e. The molecule has 0 bridgehead atoms. The summed E-state index contributed by atoms with van der Waals surface area (Å²) >= 11 is 0. The average molecular weight is 405 g/mol. The van der Waals surface area contributed by atoms with Gasteiger partial charge in [0.15, 0.2) is 5.92 Å². The molecule has 0 saturated heterocycles. The molecule has 0 aromatic rings. The molecule has 0 aromatic heterocycles. The van der Waals surface area contributed by atoms with E-state index in [1.54, 1.807) is 13.8 Å². The summed E-state index contributed by atoms with van der Waals surface area (Å²) in [4.78, 5) is 42.8. The van der Waals surface area contributed by atoms with Crippen LogP contribution in [-0.4, -0.2) is 47.3 Å². The van der Waals surface area contributed by atoms with Crippen LogP contribution in [0.25, 0.3) is 0 Å². The first kappa shape index (κ1) is 28.1. The lowest BCUT2D eigenvalue weighted by Crippen LogP contribution is -2.33. The number of carboxylic acids is 2. The zero-order valence-electron chi connectivity index (χ0n) is 17.6. The Morgan fingerprint density at radius 3 is 1.54 bits per heavy atom. The van der Waals surface area contributed by atoms with E-state index >= 15 is 0 Å². The maximum Gasteiger partial charge on any atom is 0.320 e. The molecule has 2 N–H and O–H groups in total. The highest BCUT2D eigenvalue weighted by Crippen LogP contribution is 2.22. The molecule has 0 rings (SSSR count). The summed E-state index contributed by atoms with van der Waals surface area (Å²) in [5, 5.41) is 15.4. The third-order valence-corrected chi connectivity index (χ3v) is 3.97. The first-order valence-corrected chi connectivity index (χ1v) is 9.97. The van der Waals surface area contributed by atoms with Gasteiger partial charge in [-0.2, -0.15) is 0 Å². The van der Waals surface area contributed by atoms with E-state index < -0.39 is 36.2 Å². The lowest BCUT2D eigenvalue weighted by Gasteiger charge is -2.20. The minimum Gasteiger partial charge on any atom is -0.481 e. The van der Waals surface area contributed by atoms with Crippen LogP contribution in [0.5, 0.6) is 0 Å². The monoisotopic (exact) mass is 404 g/mol. The number of unbranched alkanes of at least 4 members (excludes halogenated alkanes) is 5. The van der Waals surface area contributed by atoms with Crippen LogP contribution in [0, 0.1) is 11.8 Å². The van der Waals surface area contributed by atoms with Gasteiger partial charge in [0.25, 0.3) is 0 Å². The number of carbonyl (C=O) groups excluding carboxylic acids is 2. The standard InChI is InChI=1S/C17H32O4.C3H4O4/c1-5-8-9-10-11-12-13-14(4)15(16(18)20-6-2)17(19)21-7-3;4-2(5)1-3(6)7/h14-15H,5-13H2,1-4H3;1H2,(H,4,5)(H,6,7). The van der Waals surface area contributed by atoms with E-state index in [4.69, 9.17) is 19.7 Å². The molecular formula is C20H36O8. The van der Waals surface area contributed by atoms with Crippen molar-refractivity contribution in [3.63, 3.8) is 0 Å². The molecule has 0 saturated carbocycles. The first-order valence-electron chi connectivity index (χ1n) is 9.97. The van der Waals surface area contributed by atoms with E-state index in [-0.39, 0.29) is 5.92 Å². The summed E-state index contributed by atoms with van der Waals surface area (Å²) < 4.78 is 10.0. The second-order valence-electron chi connectivity index (χ2n) is 6.48. The zero-order chi connectivity index (χ0) is 21.9. The van der Waals surface area contributed by atoms with E-state index in [9.17, 15) is 19.2 Å². The molecular weight excluding hydrogens is 368 g/mol. The first-order chi connectivity index (χ1) is 13.2. The van der Waals surface area contributed by atoms with Crippen molar-refractivity contribution < 1.29 is 38.9 Å². The van der Waals surface area contributed by atoms with Crippen LogP contribution in [0.4, 0.5) is 0 Å². The second kappa shape index (κ2) is 18.3. The summed E-state index contributed by atoms with van der Waals surface area (Å²) in [7, 11) is 0. The Balaban J connectivity index is 0. The van der Waals surface area contributed by atoms with Crippen molar-refractivity contribution in [2.45, 2.75) is 79.1 Å². The minimum atomic E-state index is -1.31. The van der Waals surface area contributed by atoms with Crippen LogP contribution in [0.2, 0.25) is 0 Å². The van der Waals surface area contributed by atoms with Crippen molar-refractivity contribution in [3.8, 4) is 0 Å². The SMILES string of the molecule is CCCCCCCCC(C)C(C(=O)OCC)C(=O)OCC.O=C(O)CC(=O)O. The molecule has 0 aliphatic rings. The van der Waals surface area contributed by atoms with Gasteiger partial charge in [0.2, 0.25) is 0 Å². The molecule has 8 heteroatoms. The molecule has 0 aromatic carbocycles. The third-order valence-electron chi connectivity index (χ3n) is 3.97. The number of hydrogen-bond acceptors (Lipinski definition) is 6. The fourth-order valence-corrected chi connectivity index (χ4v) is 2.57. The van der Waals surface area contributed by atoms with Gasteiger partial charge in [-0.25, -0.2) is 0 Å². The van der Waals surface area contributed by atoms with Gasteiger partial charge >= 0.3 is 23.9 Å². The summed E-state index contributed by atoms with van der Waals surface area (Å²) in [6.45, 7) is 8.21. The Hall–Kier alpha value is -2.12. The van der Waals surface area contributed by atoms with Crippen molar-refractivity contribution in [1.82, 2.24) is 0 Å². The number of carboxylic acid groups (broad SMARTS) is 2. The van der Waals surface area contributed by atoms with Gasteiger partial charge in [-0.15, -0.1) is 0 Å². The van der Waals surface area contributed by atoms with Crippen LogP contribution >= 0.6 is 0 Å².